The van der Waals surface area contributed by atoms with Crippen LogP contribution in [-0.4, -0.2) is 72.3 Å². The number of nitrogens with zero attached hydrogens (tertiary/aromatic N) is 1. The molecular formula is C17H24N2O7S. The number of amides is 1. The van der Waals surface area contributed by atoms with Crippen LogP contribution in [0.4, 0.5) is 0 Å². The summed E-state index contributed by atoms with van der Waals surface area (Å²) >= 11 is 0. The molecule has 0 unspecified atom stereocenters. The van der Waals surface area contributed by atoms with Crippen LogP contribution in [0.1, 0.15) is 31.1 Å². The van der Waals surface area contributed by atoms with Gasteiger partial charge in [0, 0.05) is 18.7 Å². The van der Waals surface area contributed by atoms with Crippen molar-refractivity contribution in [3.8, 4) is 0 Å². The molecule has 9 nitrogen and oxygen atoms in total. The summed E-state index contributed by atoms with van der Waals surface area (Å²) in [5.41, 5.74) is 0.0876. The summed E-state index contributed by atoms with van der Waals surface area (Å²) in [5.74, 6) is -2.09. The SMILES string of the molecule is C[C@@H]1CN(S(=O)(=O)c2ccc(C(=O)N[C@H](C(=O)O)[C@@H](C)O)cc2)C[C@H](C)O1. The second-order valence-corrected chi connectivity index (χ2v) is 8.57. The van der Waals surface area contributed by atoms with Crippen molar-refractivity contribution in [2.75, 3.05) is 13.1 Å². The normalized spacial score (nSPS) is 23.4. The van der Waals surface area contributed by atoms with E-state index in [0.29, 0.717) is 0 Å². The zero-order chi connectivity index (χ0) is 20.4. The Bertz CT molecular complexity index is 782. The zero-order valence-corrected chi connectivity index (χ0v) is 16.1. The van der Waals surface area contributed by atoms with Crippen molar-refractivity contribution in [3.05, 3.63) is 29.8 Å². The van der Waals surface area contributed by atoms with Crippen LogP contribution in [0.2, 0.25) is 0 Å². The second-order valence-electron chi connectivity index (χ2n) is 6.63. The standard InChI is InChI=1S/C17H24N2O7S/c1-10-8-19(9-11(2)26-10)27(24,25)14-6-4-13(5-7-14)16(21)18-15(12(3)20)17(22)23/h4-7,10-12,15,20H,8-9H2,1-3H3,(H,18,21)(H,22,23)/t10-,11+,12-,15+/m1/s1. The predicted molar refractivity (Wildman–Crippen MR) is 95.8 cm³/mol. The van der Waals surface area contributed by atoms with Gasteiger partial charge in [0.25, 0.3) is 5.91 Å². The average molecular weight is 400 g/mol. The number of nitrogens with one attached hydrogen (secondary N) is 1. The van der Waals surface area contributed by atoms with Crippen molar-refractivity contribution < 1.29 is 33.0 Å². The molecule has 4 atom stereocenters. The monoisotopic (exact) mass is 400 g/mol. The molecule has 1 heterocycles. The van der Waals surface area contributed by atoms with E-state index in [4.69, 9.17) is 9.84 Å². The molecule has 27 heavy (non-hydrogen) atoms. The maximum atomic E-state index is 12.8. The third kappa shape index (κ3) is 5.04. The molecule has 0 saturated carbocycles. The van der Waals surface area contributed by atoms with E-state index in [1.807, 2.05) is 0 Å². The number of carbonyl (C=O) groups excluding carboxylic acids is 1. The molecule has 0 aromatic heterocycles. The van der Waals surface area contributed by atoms with E-state index in [1.54, 1.807) is 13.8 Å². The van der Waals surface area contributed by atoms with Gasteiger partial charge in [0.2, 0.25) is 10.0 Å². The first-order valence-electron chi connectivity index (χ1n) is 8.49. The number of aliphatic hydroxyl groups excluding tert-OH is 1. The molecule has 0 spiro atoms. The molecule has 0 aliphatic carbocycles. The van der Waals surface area contributed by atoms with Gasteiger partial charge in [-0.15, -0.1) is 0 Å². The van der Waals surface area contributed by atoms with Gasteiger partial charge in [-0.3, -0.25) is 4.79 Å². The van der Waals surface area contributed by atoms with Gasteiger partial charge in [0.1, 0.15) is 0 Å². The number of hydrogen-bond acceptors (Lipinski definition) is 6. The fourth-order valence-electron chi connectivity index (χ4n) is 2.87. The highest BCUT2D eigenvalue weighted by Gasteiger charge is 2.32. The first kappa shape index (κ1) is 21.3. The summed E-state index contributed by atoms with van der Waals surface area (Å²) in [6.45, 7) is 5.32. The Morgan fingerprint density at radius 2 is 1.70 bits per heavy atom. The Kier molecular flexibility index (Phi) is 6.58. The lowest BCUT2D eigenvalue weighted by atomic mass is 10.1. The number of carboxylic acids is 1. The Balaban J connectivity index is 2.16. The fourth-order valence-corrected chi connectivity index (χ4v) is 4.46. The van der Waals surface area contributed by atoms with E-state index in [1.165, 1.54) is 35.5 Å². The summed E-state index contributed by atoms with van der Waals surface area (Å²) < 4.78 is 32.4. The second kappa shape index (κ2) is 8.34. The average Bonchev–Trinajstić information content (AvgIpc) is 2.58. The highest BCUT2D eigenvalue weighted by molar-refractivity contribution is 7.89. The molecule has 1 aromatic carbocycles. The van der Waals surface area contributed by atoms with Gasteiger partial charge >= 0.3 is 5.97 Å². The first-order chi connectivity index (χ1) is 12.5. The third-order valence-electron chi connectivity index (χ3n) is 4.18. The Morgan fingerprint density at radius 1 is 1.19 bits per heavy atom. The molecule has 3 N–H and O–H groups in total. The van der Waals surface area contributed by atoms with Crippen LogP contribution in [-0.2, 0) is 19.6 Å². The molecule has 1 amide bonds. The van der Waals surface area contributed by atoms with Gasteiger partial charge in [-0.05, 0) is 45.0 Å². The van der Waals surface area contributed by atoms with Gasteiger partial charge in [0.15, 0.2) is 6.04 Å². The van der Waals surface area contributed by atoms with Crippen LogP contribution in [0.25, 0.3) is 0 Å². The van der Waals surface area contributed by atoms with Gasteiger partial charge in [-0.25, -0.2) is 13.2 Å². The van der Waals surface area contributed by atoms with E-state index in [-0.39, 0.29) is 35.8 Å². The Morgan fingerprint density at radius 3 is 2.15 bits per heavy atom. The highest BCUT2D eigenvalue weighted by atomic mass is 32.2. The van der Waals surface area contributed by atoms with Gasteiger partial charge in [-0.1, -0.05) is 0 Å². The minimum atomic E-state index is -3.73. The number of carboxylic acid groups (broad SMARTS) is 1. The molecule has 2 rings (SSSR count). The highest BCUT2D eigenvalue weighted by Crippen LogP contribution is 2.21. The van der Waals surface area contributed by atoms with Crippen LogP contribution in [0, 0.1) is 0 Å². The fraction of sp³-hybridized carbons (Fsp3) is 0.529. The zero-order valence-electron chi connectivity index (χ0n) is 15.3. The lowest BCUT2D eigenvalue weighted by molar-refractivity contribution is -0.141. The number of ether oxygens (including phenoxy) is 1. The van der Waals surface area contributed by atoms with Gasteiger partial charge < -0.3 is 20.3 Å². The lowest BCUT2D eigenvalue weighted by Gasteiger charge is -2.34. The van der Waals surface area contributed by atoms with Crippen LogP contribution >= 0.6 is 0 Å². The molecule has 0 radical (unpaired) electrons. The van der Waals surface area contributed by atoms with Crippen molar-refractivity contribution >= 4 is 21.9 Å². The topological polar surface area (TPSA) is 133 Å². The summed E-state index contributed by atoms with van der Waals surface area (Å²) in [6, 6.07) is 3.74. The molecule has 1 fully saturated rings. The largest absolute Gasteiger partial charge is 0.480 e. The molecule has 150 valence electrons. The van der Waals surface area contributed by atoms with E-state index in [2.05, 4.69) is 5.32 Å². The van der Waals surface area contributed by atoms with Crippen LogP contribution in [0.5, 0.6) is 0 Å². The molecular weight excluding hydrogens is 376 g/mol. The number of carbonyl (C=O) groups is 2. The molecule has 1 saturated heterocycles. The molecule has 1 aromatic rings. The molecule has 0 bridgehead atoms. The number of rotatable bonds is 6. The summed E-state index contributed by atoms with van der Waals surface area (Å²) in [6.07, 6.45) is -1.72. The molecule has 1 aliphatic heterocycles. The van der Waals surface area contributed by atoms with E-state index in [0.717, 1.165) is 0 Å². The number of sulfonamides is 1. The van der Waals surface area contributed by atoms with Crippen molar-refractivity contribution in [3.63, 3.8) is 0 Å². The van der Waals surface area contributed by atoms with E-state index in [9.17, 15) is 23.1 Å². The van der Waals surface area contributed by atoms with E-state index >= 15 is 0 Å². The summed E-state index contributed by atoms with van der Waals surface area (Å²) in [7, 11) is -3.73. The van der Waals surface area contributed by atoms with Crippen molar-refractivity contribution in [2.45, 2.75) is 50.0 Å². The van der Waals surface area contributed by atoms with Crippen molar-refractivity contribution in [1.82, 2.24) is 9.62 Å². The minimum Gasteiger partial charge on any atom is -0.480 e. The molecule has 1 aliphatic rings. The first-order valence-corrected chi connectivity index (χ1v) is 9.93. The number of morpholine rings is 1. The Hall–Kier alpha value is -2.01. The van der Waals surface area contributed by atoms with Gasteiger partial charge in [-0.2, -0.15) is 4.31 Å². The molecule has 10 heteroatoms. The number of benzene rings is 1. The van der Waals surface area contributed by atoms with Crippen LogP contribution in [0.15, 0.2) is 29.2 Å². The lowest BCUT2D eigenvalue weighted by Crippen LogP contribution is -2.48. The predicted octanol–water partition coefficient (Wildman–Crippen LogP) is 0.0483. The van der Waals surface area contributed by atoms with Crippen LogP contribution in [0.3, 0.4) is 0 Å². The Labute approximate surface area is 158 Å². The maximum absolute atomic E-state index is 12.8. The quantitative estimate of drug-likeness (QED) is 0.614. The smallest absolute Gasteiger partial charge is 0.328 e. The van der Waals surface area contributed by atoms with Crippen molar-refractivity contribution in [2.24, 2.45) is 0 Å². The summed E-state index contributed by atoms with van der Waals surface area (Å²) in [4.78, 5) is 23.2. The van der Waals surface area contributed by atoms with Gasteiger partial charge in [0.05, 0.1) is 23.2 Å². The number of aliphatic carboxylic acids is 1. The van der Waals surface area contributed by atoms with Crippen molar-refractivity contribution in [1.29, 1.82) is 0 Å². The maximum Gasteiger partial charge on any atom is 0.328 e. The summed E-state index contributed by atoms with van der Waals surface area (Å²) in [5, 5.41) is 20.6. The van der Waals surface area contributed by atoms with E-state index < -0.39 is 34.0 Å². The number of hydrogen-bond donors (Lipinski definition) is 3. The number of aliphatic hydroxyl groups is 1. The minimum absolute atomic E-state index is 0.0330. The van der Waals surface area contributed by atoms with Crippen LogP contribution < -0.4 is 5.32 Å². The third-order valence-corrected chi connectivity index (χ3v) is 6.02.